The molecule has 0 fully saturated rings. The van der Waals surface area contributed by atoms with Crippen LogP contribution >= 0.6 is 0 Å². The maximum atomic E-state index is 5.82. The van der Waals surface area contributed by atoms with E-state index < -0.39 is 0 Å². The summed E-state index contributed by atoms with van der Waals surface area (Å²) in [5.74, 6) is 3.29. The van der Waals surface area contributed by atoms with Gasteiger partial charge in [-0.2, -0.15) is 4.57 Å². The van der Waals surface area contributed by atoms with Gasteiger partial charge in [-0.25, -0.2) is 0 Å². The molecule has 6 heteroatoms. The first-order valence-corrected chi connectivity index (χ1v) is 10.3. The number of fused-ring (bicyclic) bond motifs is 5. The summed E-state index contributed by atoms with van der Waals surface area (Å²) >= 11 is 0. The second-order valence-corrected chi connectivity index (χ2v) is 7.61. The van der Waals surface area contributed by atoms with Crippen LogP contribution in [-0.4, -0.2) is 21.0 Å². The zero-order valence-electron chi connectivity index (χ0n) is 17.6. The summed E-state index contributed by atoms with van der Waals surface area (Å²) < 4.78 is 25.1. The van der Waals surface area contributed by atoms with Crippen LogP contribution in [-0.2, 0) is 19.4 Å². The van der Waals surface area contributed by atoms with Gasteiger partial charge in [-0.3, -0.25) is 0 Å². The Bertz CT molecular complexity index is 1110. The molecule has 0 bridgehead atoms. The van der Waals surface area contributed by atoms with E-state index in [-0.39, 0.29) is 12.4 Å². The van der Waals surface area contributed by atoms with Crippen molar-refractivity contribution in [2.24, 2.45) is 0 Å². The third-order valence-corrected chi connectivity index (χ3v) is 6.02. The molecular weight excluding hydrogens is 402 g/mol. The molecule has 0 saturated carbocycles. The quantitative estimate of drug-likeness (QED) is 0.578. The summed E-state index contributed by atoms with van der Waals surface area (Å²) in [6.07, 6.45) is 4.25. The minimum atomic E-state index is 0. The Labute approximate surface area is 182 Å². The van der Waals surface area contributed by atoms with Gasteiger partial charge in [-0.15, -0.1) is 0 Å². The number of pyridine rings is 1. The highest BCUT2D eigenvalue weighted by molar-refractivity contribution is 5.94. The number of hydrogen-bond donors (Lipinski definition) is 0. The number of ether oxygens (including phenoxy) is 4. The van der Waals surface area contributed by atoms with Crippen molar-refractivity contribution in [1.82, 2.24) is 0 Å². The number of halogens is 1. The molecule has 0 N–H and O–H groups in total. The van der Waals surface area contributed by atoms with Gasteiger partial charge in [-0.05, 0) is 41.6 Å². The van der Waals surface area contributed by atoms with E-state index in [9.17, 15) is 0 Å². The minimum absolute atomic E-state index is 0. The number of methoxy groups -OCH3 is 2. The number of aryl methyl sites for hydroxylation is 2. The van der Waals surface area contributed by atoms with Crippen LogP contribution in [0.25, 0.3) is 22.0 Å². The highest BCUT2D eigenvalue weighted by Crippen LogP contribution is 2.42. The minimum Gasteiger partial charge on any atom is -1.00 e. The highest BCUT2D eigenvalue weighted by Gasteiger charge is 2.32. The number of nitrogens with zero attached hydrogens (tertiary/aromatic N) is 1. The van der Waals surface area contributed by atoms with Gasteiger partial charge >= 0.3 is 0 Å². The molecule has 3 aromatic rings. The summed E-state index contributed by atoms with van der Waals surface area (Å²) in [4.78, 5) is 0. The first kappa shape index (κ1) is 20.6. The lowest BCUT2D eigenvalue weighted by Gasteiger charge is -2.20. The lowest BCUT2D eigenvalue weighted by atomic mass is 9.93. The SMILES string of the molecule is CCCCc1c2c(OC)c(OC)ccc2cc2[n+]1CCc1cc3c(cc1-2)OCO3.[Cl-]. The molecule has 0 saturated heterocycles. The zero-order chi connectivity index (χ0) is 20.0. The second-order valence-electron chi connectivity index (χ2n) is 7.61. The monoisotopic (exact) mass is 427 g/mol. The van der Waals surface area contributed by atoms with Crippen molar-refractivity contribution in [3.8, 4) is 34.3 Å². The molecule has 2 aliphatic rings. The van der Waals surface area contributed by atoms with Crippen LogP contribution in [0.15, 0.2) is 30.3 Å². The number of rotatable bonds is 5. The van der Waals surface area contributed by atoms with E-state index in [4.69, 9.17) is 18.9 Å². The molecule has 0 atom stereocenters. The Kier molecular flexibility index (Phi) is 5.65. The normalized spacial score (nSPS) is 13.4. The van der Waals surface area contributed by atoms with Gasteiger partial charge in [0.25, 0.3) is 0 Å². The average Bonchev–Trinajstić information content (AvgIpc) is 3.21. The second kappa shape index (κ2) is 8.23. The summed E-state index contributed by atoms with van der Waals surface area (Å²) in [6, 6.07) is 10.7. The Morgan fingerprint density at radius 3 is 2.57 bits per heavy atom. The molecule has 3 heterocycles. The van der Waals surface area contributed by atoms with E-state index in [0.717, 1.165) is 60.6 Å². The largest absolute Gasteiger partial charge is 1.00 e. The van der Waals surface area contributed by atoms with Gasteiger partial charge in [0.15, 0.2) is 35.2 Å². The van der Waals surface area contributed by atoms with Crippen LogP contribution in [0.1, 0.15) is 31.0 Å². The molecule has 5 nitrogen and oxygen atoms in total. The third-order valence-electron chi connectivity index (χ3n) is 6.02. The van der Waals surface area contributed by atoms with Gasteiger partial charge in [-0.1, -0.05) is 13.3 Å². The molecule has 2 aliphatic heterocycles. The number of hydrogen-bond acceptors (Lipinski definition) is 4. The maximum Gasteiger partial charge on any atom is 0.231 e. The molecule has 158 valence electrons. The molecule has 0 amide bonds. The first-order chi connectivity index (χ1) is 14.2. The van der Waals surface area contributed by atoms with Gasteiger partial charge in [0.2, 0.25) is 12.5 Å². The molecule has 0 radical (unpaired) electrons. The number of benzene rings is 2. The van der Waals surface area contributed by atoms with Crippen molar-refractivity contribution < 1.29 is 35.9 Å². The van der Waals surface area contributed by atoms with Crippen molar-refractivity contribution in [2.75, 3.05) is 21.0 Å². The topological polar surface area (TPSA) is 40.8 Å². The molecule has 2 aromatic carbocycles. The lowest BCUT2D eigenvalue weighted by molar-refractivity contribution is -0.693. The summed E-state index contributed by atoms with van der Waals surface area (Å²) in [5.41, 5.74) is 5.10. The fourth-order valence-electron chi connectivity index (χ4n) is 4.61. The Morgan fingerprint density at radius 1 is 1.03 bits per heavy atom. The van der Waals surface area contributed by atoms with Crippen LogP contribution in [0.5, 0.6) is 23.0 Å². The van der Waals surface area contributed by atoms with E-state index in [1.165, 1.54) is 27.9 Å². The van der Waals surface area contributed by atoms with E-state index in [0.29, 0.717) is 6.79 Å². The molecule has 1 aromatic heterocycles. The lowest BCUT2D eigenvalue weighted by Crippen LogP contribution is -3.00. The maximum absolute atomic E-state index is 5.82. The van der Waals surface area contributed by atoms with Crippen LogP contribution in [0, 0.1) is 0 Å². The summed E-state index contributed by atoms with van der Waals surface area (Å²) in [5, 5.41) is 2.33. The fourth-order valence-corrected chi connectivity index (χ4v) is 4.61. The van der Waals surface area contributed by atoms with Gasteiger partial charge in [0.05, 0.1) is 25.2 Å². The molecule has 0 unspecified atom stereocenters. The highest BCUT2D eigenvalue weighted by atomic mass is 35.5. The van der Waals surface area contributed by atoms with Gasteiger partial charge < -0.3 is 31.4 Å². The zero-order valence-corrected chi connectivity index (χ0v) is 18.3. The van der Waals surface area contributed by atoms with Crippen LogP contribution in [0.3, 0.4) is 0 Å². The van der Waals surface area contributed by atoms with Crippen molar-refractivity contribution in [1.29, 1.82) is 0 Å². The van der Waals surface area contributed by atoms with Crippen LogP contribution in [0.4, 0.5) is 0 Å². The predicted molar refractivity (Wildman–Crippen MR) is 111 cm³/mol. The van der Waals surface area contributed by atoms with E-state index in [2.05, 4.69) is 35.8 Å². The van der Waals surface area contributed by atoms with Crippen molar-refractivity contribution >= 4 is 10.8 Å². The standard InChI is InChI=1S/C24H26NO4.ClH/c1-4-5-6-18-23-16(7-8-20(26-2)24(23)27-3)11-19-17-13-22-21(28-14-29-22)12-15(17)9-10-25(18)19;/h7-8,11-13H,4-6,9-10,14H2,1-3H3;1H/q+1;/p-1. The third kappa shape index (κ3) is 3.12. The van der Waals surface area contributed by atoms with Crippen molar-refractivity contribution in [3.05, 3.63) is 41.6 Å². The van der Waals surface area contributed by atoms with Gasteiger partial charge in [0.1, 0.15) is 0 Å². The molecule has 5 rings (SSSR count). The van der Waals surface area contributed by atoms with Crippen molar-refractivity contribution in [2.45, 2.75) is 39.2 Å². The van der Waals surface area contributed by atoms with E-state index in [1.807, 2.05) is 6.07 Å². The molecular formula is C24H26ClNO4. The average molecular weight is 428 g/mol. The Morgan fingerprint density at radius 2 is 1.83 bits per heavy atom. The summed E-state index contributed by atoms with van der Waals surface area (Å²) in [7, 11) is 3.42. The van der Waals surface area contributed by atoms with E-state index >= 15 is 0 Å². The predicted octanol–water partition coefficient (Wildman–Crippen LogP) is 1.44. The van der Waals surface area contributed by atoms with Gasteiger partial charge in [0, 0.05) is 18.9 Å². The molecule has 0 spiro atoms. The number of unbranched alkanes of at least 4 members (excludes halogenated alkanes) is 1. The van der Waals surface area contributed by atoms with E-state index in [1.54, 1.807) is 14.2 Å². The Balaban J connectivity index is 0.00000218. The number of aromatic nitrogens is 1. The van der Waals surface area contributed by atoms with Crippen LogP contribution in [0.2, 0.25) is 0 Å². The molecule has 30 heavy (non-hydrogen) atoms. The molecule has 0 aliphatic carbocycles. The fraction of sp³-hybridized carbons (Fsp3) is 0.375. The van der Waals surface area contributed by atoms with Crippen LogP contribution < -0.4 is 35.9 Å². The smallest absolute Gasteiger partial charge is 0.231 e. The van der Waals surface area contributed by atoms with Crippen molar-refractivity contribution in [3.63, 3.8) is 0 Å². The summed E-state index contributed by atoms with van der Waals surface area (Å²) in [6.45, 7) is 3.47. The Hall–Kier alpha value is -2.66. The first-order valence-electron chi connectivity index (χ1n) is 10.3.